The second kappa shape index (κ2) is 6.89. The first-order valence-corrected chi connectivity index (χ1v) is 6.25. The molecule has 0 radical (unpaired) electrons. The molecule has 0 aliphatic rings. The van der Waals surface area contributed by atoms with Crippen LogP contribution in [0.3, 0.4) is 0 Å². The van der Waals surface area contributed by atoms with Gasteiger partial charge in [-0.15, -0.1) is 0 Å². The van der Waals surface area contributed by atoms with Gasteiger partial charge in [0.2, 0.25) is 5.91 Å². The van der Waals surface area contributed by atoms with E-state index in [1.165, 1.54) is 0 Å². The highest BCUT2D eigenvalue weighted by molar-refractivity contribution is 5.87. The molecule has 0 saturated heterocycles. The predicted molar refractivity (Wildman–Crippen MR) is 72.4 cm³/mol. The molecule has 0 aliphatic heterocycles. The lowest BCUT2D eigenvalue weighted by molar-refractivity contribution is -0.142. The minimum atomic E-state index is -1.10. The number of nitrogens with two attached hydrogens (primary N) is 1. The summed E-state index contributed by atoms with van der Waals surface area (Å²) >= 11 is 0. The first-order valence-electron chi connectivity index (χ1n) is 6.25. The number of amides is 1. The molecule has 4 N–H and O–H groups in total. The topological polar surface area (TPSA) is 92.4 Å². The lowest BCUT2D eigenvalue weighted by Gasteiger charge is -2.19. The van der Waals surface area contributed by atoms with Gasteiger partial charge in [-0.05, 0) is 17.9 Å². The first-order chi connectivity index (χ1) is 8.91. The maximum absolute atomic E-state index is 11.9. The van der Waals surface area contributed by atoms with Crippen molar-refractivity contribution in [2.75, 3.05) is 0 Å². The highest BCUT2D eigenvalue weighted by Gasteiger charge is 2.24. The Morgan fingerprint density at radius 1 is 1.26 bits per heavy atom. The zero-order chi connectivity index (χ0) is 14.4. The van der Waals surface area contributed by atoms with E-state index < -0.39 is 24.0 Å². The van der Waals surface area contributed by atoms with E-state index in [2.05, 4.69) is 5.32 Å². The average Bonchev–Trinajstić information content (AvgIpc) is 2.35. The number of rotatable bonds is 6. The quantitative estimate of drug-likeness (QED) is 0.722. The number of carboxylic acid groups (broad SMARTS) is 1. The molecule has 1 aromatic carbocycles. The normalized spacial score (nSPS) is 13.9. The number of carbonyl (C=O) groups excluding carboxylic acids is 1. The molecular weight excluding hydrogens is 244 g/mol. The molecule has 104 valence electrons. The number of carboxylic acids is 1. The summed E-state index contributed by atoms with van der Waals surface area (Å²) in [4.78, 5) is 23.1. The Morgan fingerprint density at radius 3 is 2.32 bits per heavy atom. The van der Waals surface area contributed by atoms with Crippen LogP contribution in [0.15, 0.2) is 30.3 Å². The van der Waals surface area contributed by atoms with Crippen LogP contribution in [0.25, 0.3) is 0 Å². The van der Waals surface area contributed by atoms with Gasteiger partial charge < -0.3 is 16.2 Å². The van der Waals surface area contributed by atoms with Gasteiger partial charge in [-0.2, -0.15) is 0 Å². The third-order valence-corrected chi connectivity index (χ3v) is 2.73. The van der Waals surface area contributed by atoms with Gasteiger partial charge in [0.05, 0.1) is 6.04 Å². The van der Waals surface area contributed by atoms with Crippen molar-refractivity contribution in [3.8, 4) is 0 Å². The number of carbonyl (C=O) groups is 2. The van der Waals surface area contributed by atoms with Gasteiger partial charge in [0.1, 0.15) is 0 Å². The molecule has 5 heteroatoms. The molecule has 19 heavy (non-hydrogen) atoms. The lowest BCUT2D eigenvalue weighted by Crippen LogP contribution is -2.44. The molecule has 1 amide bonds. The van der Waals surface area contributed by atoms with E-state index in [0.29, 0.717) is 12.0 Å². The molecule has 0 fully saturated rings. The highest BCUT2D eigenvalue weighted by atomic mass is 16.4. The van der Waals surface area contributed by atoms with Crippen molar-refractivity contribution < 1.29 is 14.7 Å². The van der Waals surface area contributed by atoms with Gasteiger partial charge in [-0.25, -0.2) is 4.79 Å². The van der Waals surface area contributed by atoms with Crippen LogP contribution in [-0.2, 0) is 9.59 Å². The molecule has 5 nitrogen and oxygen atoms in total. The Hall–Kier alpha value is -1.88. The van der Waals surface area contributed by atoms with Crippen molar-refractivity contribution >= 4 is 11.9 Å². The number of hydrogen-bond acceptors (Lipinski definition) is 3. The van der Waals surface area contributed by atoms with Crippen molar-refractivity contribution in [3.05, 3.63) is 35.9 Å². The molecule has 2 atom stereocenters. The molecule has 0 spiro atoms. The minimum Gasteiger partial charge on any atom is -0.479 e. The predicted octanol–water partition coefficient (Wildman–Crippen LogP) is 1.30. The molecule has 0 saturated carbocycles. The number of aliphatic carboxylic acids is 1. The summed E-state index contributed by atoms with van der Waals surface area (Å²) in [6.45, 7) is 3.91. The van der Waals surface area contributed by atoms with Crippen LogP contribution in [0.5, 0.6) is 0 Å². The molecule has 0 aliphatic carbocycles. The molecule has 1 rings (SSSR count). The zero-order valence-corrected chi connectivity index (χ0v) is 11.2. The van der Waals surface area contributed by atoms with Crippen molar-refractivity contribution in [1.29, 1.82) is 0 Å². The first kappa shape index (κ1) is 15.2. The molecule has 0 heterocycles. The van der Waals surface area contributed by atoms with Crippen LogP contribution in [0.2, 0.25) is 0 Å². The molecule has 1 aromatic rings. The summed E-state index contributed by atoms with van der Waals surface area (Å²) < 4.78 is 0. The maximum Gasteiger partial charge on any atom is 0.330 e. The van der Waals surface area contributed by atoms with E-state index in [-0.39, 0.29) is 5.92 Å². The minimum absolute atomic E-state index is 0.278. The van der Waals surface area contributed by atoms with Gasteiger partial charge in [0.25, 0.3) is 0 Å². The monoisotopic (exact) mass is 264 g/mol. The molecule has 2 unspecified atom stereocenters. The van der Waals surface area contributed by atoms with Crippen LogP contribution in [0, 0.1) is 5.92 Å². The van der Waals surface area contributed by atoms with Gasteiger partial charge in [-0.3, -0.25) is 4.79 Å². The Labute approximate surface area is 112 Å². The smallest absolute Gasteiger partial charge is 0.330 e. The summed E-state index contributed by atoms with van der Waals surface area (Å²) in [5.74, 6) is -1.26. The Kier molecular flexibility index (Phi) is 5.51. The Balaban J connectivity index is 2.75. The van der Waals surface area contributed by atoms with Crippen LogP contribution in [-0.4, -0.2) is 23.0 Å². The fraction of sp³-hybridized carbons (Fsp3) is 0.429. The van der Waals surface area contributed by atoms with Crippen LogP contribution >= 0.6 is 0 Å². The third kappa shape index (κ3) is 4.71. The molecule has 0 aromatic heterocycles. The highest BCUT2D eigenvalue weighted by Crippen LogP contribution is 2.13. The fourth-order valence-electron chi connectivity index (χ4n) is 1.80. The van der Waals surface area contributed by atoms with Crippen molar-refractivity contribution in [3.63, 3.8) is 0 Å². The summed E-state index contributed by atoms with van der Waals surface area (Å²) in [5.41, 5.74) is 6.27. The summed E-state index contributed by atoms with van der Waals surface area (Å²) in [6.07, 6.45) is 0.521. The van der Waals surface area contributed by atoms with Crippen LogP contribution in [0.1, 0.15) is 31.9 Å². The Morgan fingerprint density at radius 2 is 1.84 bits per heavy atom. The standard InChI is InChI=1S/C14H20N2O3/c1-9(2)8-11(15)13(17)16-12(14(18)19)10-6-4-3-5-7-10/h3-7,9,11-12H,8,15H2,1-2H3,(H,16,17)(H,18,19). The molecule has 0 bridgehead atoms. The van der Waals surface area contributed by atoms with Gasteiger partial charge >= 0.3 is 5.97 Å². The van der Waals surface area contributed by atoms with Gasteiger partial charge in [0.15, 0.2) is 6.04 Å². The van der Waals surface area contributed by atoms with E-state index in [1.54, 1.807) is 30.3 Å². The zero-order valence-electron chi connectivity index (χ0n) is 11.2. The van der Waals surface area contributed by atoms with E-state index in [9.17, 15) is 14.7 Å². The van der Waals surface area contributed by atoms with Crippen LogP contribution in [0.4, 0.5) is 0 Å². The van der Waals surface area contributed by atoms with Crippen molar-refractivity contribution in [2.24, 2.45) is 11.7 Å². The maximum atomic E-state index is 11.9. The average molecular weight is 264 g/mol. The largest absolute Gasteiger partial charge is 0.479 e. The fourth-order valence-corrected chi connectivity index (χ4v) is 1.80. The van der Waals surface area contributed by atoms with E-state index in [4.69, 9.17) is 5.73 Å². The third-order valence-electron chi connectivity index (χ3n) is 2.73. The number of benzene rings is 1. The van der Waals surface area contributed by atoms with Gasteiger partial charge in [0, 0.05) is 0 Å². The van der Waals surface area contributed by atoms with Crippen molar-refractivity contribution in [2.45, 2.75) is 32.4 Å². The van der Waals surface area contributed by atoms with Gasteiger partial charge in [-0.1, -0.05) is 44.2 Å². The Bertz CT molecular complexity index is 432. The summed E-state index contributed by atoms with van der Waals surface area (Å²) in [7, 11) is 0. The molecular formula is C14H20N2O3. The summed E-state index contributed by atoms with van der Waals surface area (Å²) in [5, 5.41) is 11.7. The van der Waals surface area contributed by atoms with E-state index in [1.807, 2.05) is 13.8 Å². The van der Waals surface area contributed by atoms with Crippen molar-refractivity contribution in [1.82, 2.24) is 5.32 Å². The van der Waals surface area contributed by atoms with Crippen LogP contribution < -0.4 is 11.1 Å². The number of nitrogens with one attached hydrogen (secondary N) is 1. The van der Waals surface area contributed by atoms with E-state index >= 15 is 0 Å². The second-order valence-electron chi connectivity index (χ2n) is 4.93. The second-order valence-corrected chi connectivity index (χ2v) is 4.93. The lowest BCUT2D eigenvalue weighted by atomic mass is 10.0. The summed E-state index contributed by atoms with van der Waals surface area (Å²) in [6, 6.07) is 6.81. The van der Waals surface area contributed by atoms with E-state index in [0.717, 1.165) is 0 Å². The SMILES string of the molecule is CC(C)CC(N)C(=O)NC(C(=O)O)c1ccccc1. The number of hydrogen-bond donors (Lipinski definition) is 3.